The van der Waals surface area contributed by atoms with Gasteiger partial charge in [0.1, 0.15) is 11.6 Å². The lowest BCUT2D eigenvalue weighted by Gasteiger charge is -2.06. The molecule has 0 heterocycles. The summed E-state index contributed by atoms with van der Waals surface area (Å²) in [4.78, 5) is 11.4. The summed E-state index contributed by atoms with van der Waals surface area (Å²) >= 11 is 0. The lowest BCUT2D eigenvalue weighted by Crippen LogP contribution is -2.12. The maximum absolute atomic E-state index is 13.2. The Hall–Kier alpha value is -1.45. The zero-order chi connectivity index (χ0) is 12.7. The van der Waals surface area contributed by atoms with Gasteiger partial charge in [0.2, 0.25) is 5.91 Å². The Morgan fingerprint density at radius 3 is 2.65 bits per heavy atom. The highest BCUT2D eigenvalue weighted by molar-refractivity contribution is 5.90. The van der Waals surface area contributed by atoms with Gasteiger partial charge in [0.25, 0.3) is 0 Å². The standard InChI is InChI=1S/C13H17F2NO/c1-2-3-4-5-6-13(17)16-12-8-7-10(14)9-11(12)15/h7-9H,2-6H2,1H3,(H,16,17). The van der Waals surface area contributed by atoms with Gasteiger partial charge in [-0.05, 0) is 18.6 Å². The average Bonchev–Trinajstić information content (AvgIpc) is 2.28. The van der Waals surface area contributed by atoms with E-state index in [9.17, 15) is 13.6 Å². The molecule has 0 radical (unpaired) electrons. The van der Waals surface area contributed by atoms with E-state index in [-0.39, 0.29) is 11.6 Å². The molecule has 1 aromatic carbocycles. The maximum atomic E-state index is 13.2. The Bertz CT molecular complexity index is 380. The summed E-state index contributed by atoms with van der Waals surface area (Å²) in [5, 5.41) is 2.43. The number of halogens is 2. The molecule has 0 aliphatic rings. The summed E-state index contributed by atoms with van der Waals surface area (Å²) < 4.78 is 25.8. The van der Waals surface area contributed by atoms with Gasteiger partial charge in [0.05, 0.1) is 5.69 Å². The second kappa shape index (κ2) is 6.99. The van der Waals surface area contributed by atoms with Gasteiger partial charge in [-0.2, -0.15) is 0 Å². The van der Waals surface area contributed by atoms with Crippen molar-refractivity contribution < 1.29 is 13.6 Å². The maximum Gasteiger partial charge on any atom is 0.224 e. The molecule has 94 valence electrons. The normalized spacial score (nSPS) is 10.3. The van der Waals surface area contributed by atoms with Crippen LogP contribution in [0.1, 0.15) is 39.0 Å². The largest absolute Gasteiger partial charge is 0.324 e. The van der Waals surface area contributed by atoms with Crippen LogP contribution in [-0.2, 0) is 4.79 Å². The lowest BCUT2D eigenvalue weighted by atomic mass is 10.1. The van der Waals surface area contributed by atoms with Crippen LogP contribution in [0.15, 0.2) is 18.2 Å². The van der Waals surface area contributed by atoms with Crippen molar-refractivity contribution in [2.45, 2.75) is 39.0 Å². The number of anilines is 1. The Balaban J connectivity index is 2.40. The van der Waals surface area contributed by atoms with Gasteiger partial charge in [-0.1, -0.05) is 26.2 Å². The first-order valence-electron chi connectivity index (χ1n) is 5.88. The molecule has 1 rings (SSSR count). The van der Waals surface area contributed by atoms with E-state index >= 15 is 0 Å². The van der Waals surface area contributed by atoms with Crippen molar-refractivity contribution in [2.24, 2.45) is 0 Å². The number of rotatable bonds is 6. The predicted molar refractivity (Wildman–Crippen MR) is 63.7 cm³/mol. The van der Waals surface area contributed by atoms with Crippen LogP contribution in [0.2, 0.25) is 0 Å². The van der Waals surface area contributed by atoms with Crippen LogP contribution in [-0.4, -0.2) is 5.91 Å². The Morgan fingerprint density at radius 1 is 1.24 bits per heavy atom. The van der Waals surface area contributed by atoms with Crippen LogP contribution >= 0.6 is 0 Å². The van der Waals surface area contributed by atoms with Gasteiger partial charge < -0.3 is 5.32 Å². The summed E-state index contributed by atoms with van der Waals surface area (Å²) in [6, 6.07) is 3.11. The molecule has 1 N–H and O–H groups in total. The smallest absolute Gasteiger partial charge is 0.224 e. The van der Waals surface area contributed by atoms with Crippen molar-refractivity contribution in [3.63, 3.8) is 0 Å². The van der Waals surface area contributed by atoms with E-state index in [0.29, 0.717) is 6.42 Å². The second-order valence-corrected chi connectivity index (χ2v) is 3.98. The molecule has 1 aromatic rings. The SMILES string of the molecule is CCCCCCC(=O)Nc1ccc(F)cc1F. The molecule has 1 amide bonds. The van der Waals surface area contributed by atoms with E-state index in [4.69, 9.17) is 0 Å². The molecular formula is C13H17F2NO. The molecule has 0 saturated carbocycles. The van der Waals surface area contributed by atoms with Crippen LogP contribution in [0.4, 0.5) is 14.5 Å². The first-order chi connectivity index (χ1) is 8.13. The quantitative estimate of drug-likeness (QED) is 0.752. The summed E-state index contributed by atoms with van der Waals surface area (Å²) in [5.74, 6) is -1.62. The van der Waals surface area contributed by atoms with Gasteiger partial charge in [-0.15, -0.1) is 0 Å². The minimum atomic E-state index is -0.744. The third-order valence-corrected chi connectivity index (χ3v) is 2.46. The molecule has 0 unspecified atom stereocenters. The topological polar surface area (TPSA) is 29.1 Å². The minimum absolute atomic E-state index is 0.0342. The molecule has 0 bridgehead atoms. The van der Waals surface area contributed by atoms with Gasteiger partial charge >= 0.3 is 0 Å². The minimum Gasteiger partial charge on any atom is -0.324 e. The van der Waals surface area contributed by atoms with Crippen molar-refractivity contribution in [2.75, 3.05) is 5.32 Å². The summed E-state index contributed by atoms with van der Waals surface area (Å²) in [7, 11) is 0. The zero-order valence-corrected chi connectivity index (χ0v) is 9.93. The molecule has 0 spiro atoms. The Labute approximate surface area is 100 Å². The molecule has 0 aliphatic heterocycles. The van der Waals surface area contributed by atoms with Crippen LogP contribution in [0, 0.1) is 11.6 Å². The summed E-state index contributed by atoms with van der Waals surface area (Å²) in [6.07, 6.45) is 4.36. The first kappa shape index (κ1) is 13.6. The number of nitrogens with one attached hydrogen (secondary N) is 1. The van der Waals surface area contributed by atoms with Crippen LogP contribution in [0.25, 0.3) is 0 Å². The zero-order valence-electron chi connectivity index (χ0n) is 9.93. The van der Waals surface area contributed by atoms with Crippen LogP contribution < -0.4 is 5.32 Å². The predicted octanol–water partition coefficient (Wildman–Crippen LogP) is 3.87. The van der Waals surface area contributed by atoms with Crippen LogP contribution in [0.5, 0.6) is 0 Å². The fourth-order valence-electron chi connectivity index (χ4n) is 1.52. The summed E-state index contributed by atoms with van der Waals surface area (Å²) in [6.45, 7) is 2.09. The van der Waals surface area contributed by atoms with Crippen molar-refractivity contribution in [3.05, 3.63) is 29.8 Å². The fraction of sp³-hybridized carbons (Fsp3) is 0.462. The molecule has 0 fully saturated rings. The number of amides is 1. The molecule has 4 heteroatoms. The van der Waals surface area contributed by atoms with Gasteiger partial charge in [0, 0.05) is 12.5 Å². The van der Waals surface area contributed by atoms with E-state index in [0.717, 1.165) is 37.8 Å². The number of carbonyl (C=O) groups excluding carboxylic acids is 1. The summed E-state index contributed by atoms with van der Waals surface area (Å²) in [5.41, 5.74) is 0.0342. The molecule has 0 aromatic heterocycles. The molecule has 0 saturated heterocycles. The number of carbonyl (C=O) groups is 1. The highest BCUT2D eigenvalue weighted by Gasteiger charge is 2.07. The highest BCUT2D eigenvalue weighted by Crippen LogP contribution is 2.15. The third-order valence-electron chi connectivity index (χ3n) is 2.46. The number of hydrogen-bond acceptors (Lipinski definition) is 1. The van der Waals surface area contributed by atoms with E-state index in [1.807, 2.05) is 0 Å². The van der Waals surface area contributed by atoms with E-state index in [2.05, 4.69) is 12.2 Å². The van der Waals surface area contributed by atoms with E-state index in [1.165, 1.54) is 6.07 Å². The van der Waals surface area contributed by atoms with Gasteiger partial charge in [-0.3, -0.25) is 4.79 Å². The van der Waals surface area contributed by atoms with E-state index in [1.54, 1.807) is 0 Å². The van der Waals surface area contributed by atoms with Crippen molar-refractivity contribution in [1.29, 1.82) is 0 Å². The number of benzene rings is 1. The monoisotopic (exact) mass is 241 g/mol. The molecule has 0 aliphatic carbocycles. The average molecular weight is 241 g/mol. The Morgan fingerprint density at radius 2 is 2.00 bits per heavy atom. The molecule has 0 atom stereocenters. The van der Waals surface area contributed by atoms with Crippen molar-refractivity contribution in [1.82, 2.24) is 0 Å². The third kappa shape index (κ3) is 4.93. The first-order valence-corrected chi connectivity index (χ1v) is 5.88. The number of unbranched alkanes of at least 4 members (excludes halogenated alkanes) is 3. The Kier molecular flexibility index (Phi) is 5.60. The van der Waals surface area contributed by atoms with Gasteiger partial charge in [0.15, 0.2) is 0 Å². The number of hydrogen-bond donors (Lipinski definition) is 1. The molecule has 17 heavy (non-hydrogen) atoms. The van der Waals surface area contributed by atoms with Crippen LogP contribution in [0.3, 0.4) is 0 Å². The molecular weight excluding hydrogens is 224 g/mol. The fourth-order valence-corrected chi connectivity index (χ4v) is 1.52. The van der Waals surface area contributed by atoms with E-state index < -0.39 is 11.6 Å². The molecule has 2 nitrogen and oxygen atoms in total. The highest BCUT2D eigenvalue weighted by atomic mass is 19.1. The van der Waals surface area contributed by atoms with Gasteiger partial charge in [-0.25, -0.2) is 8.78 Å². The lowest BCUT2D eigenvalue weighted by molar-refractivity contribution is -0.116. The van der Waals surface area contributed by atoms with Crippen molar-refractivity contribution >= 4 is 11.6 Å². The second-order valence-electron chi connectivity index (χ2n) is 3.98. The van der Waals surface area contributed by atoms with Crippen molar-refractivity contribution in [3.8, 4) is 0 Å².